The van der Waals surface area contributed by atoms with Crippen molar-refractivity contribution in [2.75, 3.05) is 26.0 Å². The minimum absolute atomic E-state index is 0.137. The minimum atomic E-state index is -0.137. The van der Waals surface area contributed by atoms with Gasteiger partial charge in [0.25, 0.3) is 0 Å². The largest absolute Gasteiger partial charge is 0.497 e. The molecule has 1 N–H and O–H groups in total. The van der Waals surface area contributed by atoms with Crippen molar-refractivity contribution in [3.8, 4) is 5.75 Å². The van der Waals surface area contributed by atoms with E-state index in [0.29, 0.717) is 0 Å². The van der Waals surface area contributed by atoms with E-state index in [9.17, 15) is 4.79 Å². The Morgan fingerprint density at radius 3 is 2.92 bits per heavy atom. The van der Waals surface area contributed by atoms with Crippen LogP contribution in [-0.4, -0.2) is 31.5 Å². The summed E-state index contributed by atoms with van der Waals surface area (Å²) in [5.74, 6) is 0.637. The van der Waals surface area contributed by atoms with Gasteiger partial charge in [-0.25, -0.2) is 0 Å². The molecule has 0 radical (unpaired) electrons. The molecule has 1 amide bonds. The number of hydrogen-bond acceptors (Lipinski definition) is 3. The van der Waals surface area contributed by atoms with Crippen LogP contribution < -0.4 is 10.1 Å². The number of rotatable bonds is 4. The van der Waals surface area contributed by atoms with Gasteiger partial charge in [-0.1, -0.05) is 18.2 Å². The lowest BCUT2D eigenvalue weighted by Crippen LogP contribution is -2.26. The Kier molecular flexibility index (Phi) is 4.96. The van der Waals surface area contributed by atoms with E-state index in [2.05, 4.69) is 29.4 Å². The molecule has 0 aliphatic carbocycles. The fourth-order valence-corrected chi connectivity index (χ4v) is 2.88. The molecule has 1 aliphatic rings. The van der Waals surface area contributed by atoms with E-state index in [4.69, 9.17) is 4.74 Å². The van der Waals surface area contributed by atoms with Crippen LogP contribution in [-0.2, 0) is 17.8 Å². The van der Waals surface area contributed by atoms with Gasteiger partial charge in [0.2, 0.25) is 5.91 Å². The summed E-state index contributed by atoms with van der Waals surface area (Å²) in [4.78, 5) is 14.4. The number of hydrogen-bond donors (Lipinski definition) is 1. The zero-order valence-corrected chi connectivity index (χ0v) is 14.1. The molecule has 4 heteroatoms. The van der Waals surface area contributed by atoms with Gasteiger partial charge in [0.1, 0.15) is 5.75 Å². The topological polar surface area (TPSA) is 41.6 Å². The smallest absolute Gasteiger partial charge is 0.248 e. The first-order valence-corrected chi connectivity index (χ1v) is 8.07. The van der Waals surface area contributed by atoms with E-state index in [1.807, 2.05) is 30.3 Å². The Hall–Kier alpha value is -2.59. The molecule has 4 nitrogen and oxygen atoms in total. The minimum Gasteiger partial charge on any atom is -0.497 e. The van der Waals surface area contributed by atoms with Gasteiger partial charge >= 0.3 is 0 Å². The zero-order chi connectivity index (χ0) is 16.9. The van der Waals surface area contributed by atoms with E-state index in [1.54, 1.807) is 19.3 Å². The molecule has 0 atom stereocenters. The van der Waals surface area contributed by atoms with Crippen molar-refractivity contribution < 1.29 is 9.53 Å². The van der Waals surface area contributed by atoms with Crippen LogP contribution in [0.4, 0.5) is 5.69 Å². The Morgan fingerprint density at radius 2 is 2.08 bits per heavy atom. The molecule has 0 bridgehead atoms. The van der Waals surface area contributed by atoms with Crippen LogP contribution in [0.2, 0.25) is 0 Å². The summed E-state index contributed by atoms with van der Waals surface area (Å²) in [6.45, 7) is 2.01. The Labute approximate surface area is 142 Å². The number of carbonyl (C=O) groups excluding carboxylic acids is 1. The van der Waals surface area contributed by atoms with Crippen LogP contribution in [0.3, 0.4) is 0 Å². The summed E-state index contributed by atoms with van der Waals surface area (Å²) in [7, 11) is 3.74. The van der Waals surface area contributed by atoms with Crippen molar-refractivity contribution in [3.05, 3.63) is 65.2 Å². The number of fused-ring (bicyclic) bond motifs is 1. The number of nitrogens with one attached hydrogen (secondary N) is 1. The summed E-state index contributed by atoms with van der Waals surface area (Å²) in [6.07, 6.45) is 4.39. The van der Waals surface area contributed by atoms with Crippen molar-refractivity contribution >= 4 is 17.7 Å². The number of ether oxygens (including phenoxy) is 1. The molecule has 3 rings (SSSR count). The second-order valence-electron chi connectivity index (χ2n) is 6.07. The molecule has 24 heavy (non-hydrogen) atoms. The Morgan fingerprint density at radius 1 is 1.21 bits per heavy atom. The van der Waals surface area contributed by atoms with Gasteiger partial charge in [-0.3, -0.25) is 4.79 Å². The van der Waals surface area contributed by atoms with Gasteiger partial charge in [0, 0.05) is 24.9 Å². The van der Waals surface area contributed by atoms with Crippen molar-refractivity contribution in [3.63, 3.8) is 0 Å². The van der Waals surface area contributed by atoms with Crippen LogP contribution in [0.25, 0.3) is 6.08 Å². The highest BCUT2D eigenvalue weighted by atomic mass is 16.5. The second kappa shape index (κ2) is 7.32. The highest BCUT2D eigenvalue weighted by Crippen LogP contribution is 2.22. The van der Waals surface area contributed by atoms with E-state index in [1.165, 1.54) is 11.1 Å². The molecule has 0 spiro atoms. The number of anilines is 1. The van der Waals surface area contributed by atoms with Gasteiger partial charge in [0.05, 0.1) is 7.11 Å². The van der Waals surface area contributed by atoms with Gasteiger partial charge in [-0.2, -0.15) is 0 Å². The number of nitrogens with zero attached hydrogens (tertiary/aromatic N) is 1. The van der Waals surface area contributed by atoms with Crippen LogP contribution in [0.15, 0.2) is 48.5 Å². The third-order valence-electron chi connectivity index (χ3n) is 4.20. The summed E-state index contributed by atoms with van der Waals surface area (Å²) >= 11 is 0. The van der Waals surface area contributed by atoms with Gasteiger partial charge in [-0.15, -0.1) is 0 Å². The number of carbonyl (C=O) groups is 1. The van der Waals surface area contributed by atoms with E-state index < -0.39 is 0 Å². The molecule has 0 saturated heterocycles. The molecule has 0 aromatic heterocycles. The first-order valence-electron chi connectivity index (χ1n) is 8.07. The third-order valence-corrected chi connectivity index (χ3v) is 4.20. The van der Waals surface area contributed by atoms with E-state index in [0.717, 1.165) is 36.5 Å². The molecule has 124 valence electrons. The lowest BCUT2D eigenvalue weighted by atomic mass is 9.99. The number of methoxy groups -OCH3 is 1. The molecular formula is C20H22N2O2. The zero-order valence-electron chi connectivity index (χ0n) is 14.1. The fourth-order valence-electron chi connectivity index (χ4n) is 2.88. The Balaban J connectivity index is 1.66. The number of amides is 1. The van der Waals surface area contributed by atoms with E-state index >= 15 is 0 Å². The first kappa shape index (κ1) is 16.3. The third kappa shape index (κ3) is 4.03. The molecule has 0 unspecified atom stereocenters. The lowest BCUT2D eigenvalue weighted by molar-refractivity contribution is -0.111. The molecule has 0 saturated carbocycles. The molecule has 2 aromatic rings. The highest BCUT2D eigenvalue weighted by molar-refractivity contribution is 6.02. The maximum atomic E-state index is 12.1. The second-order valence-corrected chi connectivity index (χ2v) is 6.07. The molecular weight excluding hydrogens is 300 g/mol. The van der Waals surface area contributed by atoms with Crippen LogP contribution in [0.5, 0.6) is 5.75 Å². The SMILES string of the molecule is COc1cccc(/C=C/C(=O)Nc2ccc3c(c2)CN(C)CC3)c1. The first-order chi connectivity index (χ1) is 11.6. The maximum absolute atomic E-state index is 12.1. The molecule has 1 heterocycles. The monoisotopic (exact) mass is 322 g/mol. The average molecular weight is 322 g/mol. The average Bonchev–Trinajstić information content (AvgIpc) is 2.60. The Bertz CT molecular complexity index is 768. The van der Waals surface area contributed by atoms with Crippen molar-refractivity contribution in [1.29, 1.82) is 0 Å². The van der Waals surface area contributed by atoms with Crippen molar-refractivity contribution in [2.24, 2.45) is 0 Å². The quantitative estimate of drug-likeness (QED) is 0.878. The number of likely N-dealkylation sites (N-methyl/N-ethyl adjacent to an activating group) is 1. The fraction of sp³-hybridized carbons (Fsp3) is 0.250. The van der Waals surface area contributed by atoms with E-state index in [-0.39, 0.29) is 5.91 Å². The standard InChI is InChI=1S/C20H22N2O2/c1-22-11-10-16-7-8-18(13-17(16)14-22)21-20(23)9-6-15-4-3-5-19(12-15)24-2/h3-9,12-13H,10-11,14H2,1-2H3,(H,21,23)/b9-6+. The summed E-state index contributed by atoms with van der Waals surface area (Å²) in [6, 6.07) is 13.8. The lowest BCUT2D eigenvalue weighted by Gasteiger charge is -2.25. The molecule has 0 fully saturated rings. The van der Waals surface area contributed by atoms with Gasteiger partial charge < -0.3 is 15.0 Å². The molecule has 1 aliphatic heterocycles. The predicted octanol–water partition coefficient (Wildman–Crippen LogP) is 3.34. The van der Waals surface area contributed by atoms with Crippen LogP contribution in [0.1, 0.15) is 16.7 Å². The van der Waals surface area contributed by atoms with Gasteiger partial charge in [-0.05, 0) is 60.5 Å². The van der Waals surface area contributed by atoms with Gasteiger partial charge in [0.15, 0.2) is 0 Å². The van der Waals surface area contributed by atoms with Crippen molar-refractivity contribution in [2.45, 2.75) is 13.0 Å². The predicted molar refractivity (Wildman–Crippen MR) is 97.1 cm³/mol. The highest BCUT2D eigenvalue weighted by Gasteiger charge is 2.13. The normalized spacial score (nSPS) is 14.4. The van der Waals surface area contributed by atoms with Crippen LogP contribution >= 0.6 is 0 Å². The summed E-state index contributed by atoms with van der Waals surface area (Å²) < 4.78 is 5.18. The van der Waals surface area contributed by atoms with Crippen LogP contribution in [0, 0.1) is 0 Å². The molecule has 2 aromatic carbocycles. The number of benzene rings is 2. The summed E-state index contributed by atoms with van der Waals surface area (Å²) in [5.41, 5.74) is 4.43. The summed E-state index contributed by atoms with van der Waals surface area (Å²) in [5, 5.41) is 2.93. The van der Waals surface area contributed by atoms with Crippen molar-refractivity contribution in [1.82, 2.24) is 4.90 Å². The maximum Gasteiger partial charge on any atom is 0.248 e.